The van der Waals surface area contributed by atoms with Crippen molar-refractivity contribution in [2.24, 2.45) is 0 Å². The first kappa shape index (κ1) is 23.0. The first-order valence-corrected chi connectivity index (χ1v) is 10.6. The highest BCUT2D eigenvalue weighted by molar-refractivity contribution is 7.80. The van der Waals surface area contributed by atoms with E-state index in [1.807, 2.05) is 18.2 Å². The Morgan fingerprint density at radius 2 is 1.97 bits per heavy atom. The number of anilines is 1. The van der Waals surface area contributed by atoms with Crippen molar-refractivity contribution in [3.05, 3.63) is 58.6 Å². The number of hydrogen-bond acceptors (Lipinski definition) is 4. The van der Waals surface area contributed by atoms with Gasteiger partial charge in [0.05, 0.1) is 23.8 Å². The van der Waals surface area contributed by atoms with Crippen LogP contribution in [0.1, 0.15) is 42.6 Å². The molecule has 0 amide bonds. The highest BCUT2D eigenvalue weighted by Crippen LogP contribution is 2.22. The van der Waals surface area contributed by atoms with Gasteiger partial charge in [0, 0.05) is 12.2 Å². The number of rotatable bonds is 10. The van der Waals surface area contributed by atoms with Crippen LogP contribution in [0.25, 0.3) is 0 Å². The number of halogens is 1. The van der Waals surface area contributed by atoms with Gasteiger partial charge in [-0.05, 0) is 68.2 Å². The summed E-state index contributed by atoms with van der Waals surface area (Å²) in [6.07, 6.45) is 2.78. The number of nitrogens with one attached hydrogen (secondary N) is 2. The van der Waals surface area contributed by atoms with Crippen molar-refractivity contribution < 1.29 is 14.3 Å². The molecule has 0 radical (unpaired) electrons. The highest BCUT2D eigenvalue weighted by atomic mass is 35.5. The summed E-state index contributed by atoms with van der Waals surface area (Å²) in [5, 5.41) is 7.08. The Morgan fingerprint density at radius 3 is 2.72 bits per heavy atom. The fourth-order valence-corrected chi connectivity index (χ4v) is 3.10. The van der Waals surface area contributed by atoms with Gasteiger partial charge in [0.2, 0.25) is 0 Å². The second kappa shape index (κ2) is 12.3. The van der Waals surface area contributed by atoms with Gasteiger partial charge in [-0.25, -0.2) is 4.79 Å². The first-order chi connectivity index (χ1) is 14.0. The molecule has 5 nitrogen and oxygen atoms in total. The fraction of sp³-hybridized carbons (Fsp3) is 0.364. The van der Waals surface area contributed by atoms with Crippen LogP contribution in [0, 0.1) is 0 Å². The number of carbonyl (C=O) groups excluding carboxylic acids is 1. The summed E-state index contributed by atoms with van der Waals surface area (Å²) in [4.78, 5) is 11.9. The summed E-state index contributed by atoms with van der Waals surface area (Å²) in [6.45, 7) is 5.57. The van der Waals surface area contributed by atoms with E-state index in [1.54, 1.807) is 25.1 Å². The van der Waals surface area contributed by atoms with E-state index in [2.05, 4.69) is 23.6 Å². The van der Waals surface area contributed by atoms with Crippen molar-refractivity contribution in [2.45, 2.75) is 33.1 Å². The largest absolute Gasteiger partial charge is 0.493 e. The Balaban J connectivity index is 1.82. The molecule has 0 saturated heterocycles. The summed E-state index contributed by atoms with van der Waals surface area (Å²) in [7, 11) is 0. The molecule has 2 rings (SSSR count). The molecule has 0 aliphatic carbocycles. The molecule has 2 N–H and O–H groups in total. The van der Waals surface area contributed by atoms with Crippen molar-refractivity contribution in [2.75, 3.05) is 25.1 Å². The Labute approximate surface area is 182 Å². The molecule has 0 bridgehead atoms. The van der Waals surface area contributed by atoms with E-state index in [0.717, 1.165) is 31.6 Å². The molecule has 0 fully saturated rings. The lowest BCUT2D eigenvalue weighted by Crippen LogP contribution is -2.29. The smallest absolute Gasteiger partial charge is 0.339 e. The zero-order valence-electron chi connectivity index (χ0n) is 16.8. The minimum absolute atomic E-state index is 0.291. The molecule has 0 saturated carbocycles. The maximum atomic E-state index is 11.9. The average molecular weight is 435 g/mol. The molecule has 0 unspecified atom stereocenters. The summed E-state index contributed by atoms with van der Waals surface area (Å²) in [5.74, 6) is 0.492. The Kier molecular flexibility index (Phi) is 9.74. The van der Waals surface area contributed by atoms with E-state index in [4.69, 9.17) is 33.3 Å². The zero-order chi connectivity index (χ0) is 21.1. The van der Waals surface area contributed by atoms with Gasteiger partial charge >= 0.3 is 5.97 Å². The summed E-state index contributed by atoms with van der Waals surface area (Å²) in [6, 6.07) is 13.2. The van der Waals surface area contributed by atoms with E-state index < -0.39 is 5.97 Å². The van der Waals surface area contributed by atoms with Crippen LogP contribution in [-0.2, 0) is 11.2 Å². The van der Waals surface area contributed by atoms with E-state index in [1.165, 1.54) is 5.56 Å². The summed E-state index contributed by atoms with van der Waals surface area (Å²) >= 11 is 11.4. The molecule has 2 aromatic carbocycles. The standard InChI is InChI=1S/C22H27ClN2O3S/c1-3-14-28-20-10-6-5-8-16(20)9-7-13-24-22(29)25-17-11-12-19(23)18(15-17)21(26)27-4-2/h5-6,8,10-12,15H,3-4,7,9,13-14H2,1-2H3,(H2,24,25,29). The third-order valence-corrected chi connectivity index (χ3v) is 4.64. The number of aryl methyl sites for hydroxylation is 1. The minimum atomic E-state index is -0.455. The van der Waals surface area contributed by atoms with Crippen molar-refractivity contribution in [1.29, 1.82) is 0 Å². The molecule has 29 heavy (non-hydrogen) atoms. The number of esters is 1. The number of hydrogen-bond donors (Lipinski definition) is 2. The normalized spacial score (nSPS) is 10.3. The van der Waals surface area contributed by atoms with Crippen LogP contribution in [-0.4, -0.2) is 30.8 Å². The average Bonchev–Trinajstić information content (AvgIpc) is 2.72. The number of benzene rings is 2. The predicted octanol–water partition coefficient (Wildman–Crippen LogP) is 5.22. The lowest BCUT2D eigenvalue weighted by molar-refractivity contribution is 0.0526. The van der Waals surface area contributed by atoms with Gasteiger partial charge in [-0.2, -0.15) is 0 Å². The van der Waals surface area contributed by atoms with Crippen LogP contribution in [0.5, 0.6) is 5.75 Å². The maximum absolute atomic E-state index is 11.9. The van der Waals surface area contributed by atoms with Gasteiger partial charge in [-0.15, -0.1) is 0 Å². The number of para-hydroxylation sites is 1. The highest BCUT2D eigenvalue weighted by Gasteiger charge is 2.12. The molecule has 0 aliphatic rings. The molecular formula is C22H27ClN2O3S. The number of thiocarbonyl (C=S) groups is 1. The van der Waals surface area contributed by atoms with Crippen molar-refractivity contribution in [1.82, 2.24) is 5.32 Å². The number of carbonyl (C=O) groups is 1. The molecule has 0 spiro atoms. The maximum Gasteiger partial charge on any atom is 0.339 e. The quantitative estimate of drug-likeness (QED) is 0.303. The van der Waals surface area contributed by atoms with Crippen LogP contribution in [0.4, 0.5) is 5.69 Å². The van der Waals surface area contributed by atoms with E-state index in [0.29, 0.717) is 34.5 Å². The predicted molar refractivity (Wildman–Crippen MR) is 122 cm³/mol. The molecule has 0 aromatic heterocycles. The lowest BCUT2D eigenvalue weighted by atomic mass is 10.1. The van der Waals surface area contributed by atoms with Crippen LogP contribution in [0.2, 0.25) is 5.02 Å². The van der Waals surface area contributed by atoms with E-state index >= 15 is 0 Å². The molecule has 2 aromatic rings. The third-order valence-electron chi connectivity index (χ3n) is 4.06. The first-order valence-electron chi connectivity index (χ1n) is 9.77. The minimum Gasteiger partial charge on any atom is -0.493 e. The van der Waals surface area contributed by atoms with Gasteiger partial charge in [0.1, 0.15) is 5.75 Å². The Hall–Kier alpha value is -2.31. The Bertz CT molecular complexity index is 829. The molecule has 0 aliphatic heterocycles. The lowest BCUT2D eigenvalue weighted by Gasteiger charge is -2.13. The second-order valence-electron chi connectivity index (χ2n) is 6.36. The fourth-order valence-electron chi connectivity index (χ4n) is 2.69. The third kappa shape index (κ3) is 7.55. The number of ether oxygens (including phenoxy) is 2. The summed E-state index contributed by atoms with van der Waals surface area (Å²) < 4.78 is 10.8. The van der Waals surface area contributed by atoms with Gasteiger partial charge < -0.3 is 20.1 Å². The van der Waals surface area contributed by atoms with Crippen LogP contribution in [0.3, 0.4) is 0 Å². The van der Waals surface area contributed by atoms with Gasteiger partial charge in [0.25, 0.3) is 0 Å². The van der Waals surface area contributed by atoms with E-state index in [9.17, 15) is 4.79 Å². The van der Waals surface area contributed by atoms with E-state index in [-0.39, 0.29) is 0 Å². The second-order valence-corrected chi connectivity index (χ2v) is 7.17. The van der Waals surface area contributed by atoms with Gasteiger partial charge in [-0.1, -0.05) is 36.7 Å². The molecule has 7 heteroatoms. The Morgan fingerprint density at radius 1 is 1.17 bits per heavy atom. The van der Waals surface area contributed by atoms with Crippen molar-refractivity contribution in [3.63, 3.8) is 0 Å². The van der Waals surface area contributed by atoms with Crippen molar-refractivity contribution in [3.8, 4) is 5.75 Å². The molecule has 0 heterocycles. The SMILES string of the molecule is CCCOc1ccccc1CCCNC(=S)Nc1ccc(Cl)c(C(=O)OCC)c1. The van der Waals surface area contributed by atoms with Crippen LogP contribution in [0.15, 0.2) is 42.5 Å². The molecule has 156 valence electrons. The van der Waals surface area contributed by atoms with Gasteiger partial charge in [-0.3, -0.25) is 0 Å². The molecule has 0 atom stereocenters. The van der Waals surface area contributed by atoms with Gasteiger partial charge in [0.15, 0.2) is 5.11 Å². The summed E-state index contributed by atoms with van der Waals surface area (Å²) in [5.41, 5.74) is 2.18. The van der Waals surface area contributed by atoms with Crippen LogP contribution < -0.4 is 15.4 Å². The topological polar surface area (TPSA) is 59.6 Å². The zero-order valence-corrected chi connectivity index (χ0v) is 18.4. The molecular weight excluding hydrogens is 408 g/mol. The van der Waals surface area contributed by atoms with Crippen molar-refractivity contribution >= 4 is 40.6 Å². The van der Waals surface area contributed by atoms with Crippen LogP contribution >= 0.6 is 23.8 Å². The monoisotopic (exact) mass is 434 g/mol.